The molecule has 2 aromatic rings. The molecular formula is C18H20N6O3S. The Morgan fingerprint density at radius 3 is 3.07 bits per heavy atom. The van der Waals surface area contributed by atoms with E-state index in [4.69, 9.17) is 0 Å². The molecule has 28 heavy (non-hydrogen) atoms. The number of methoxy groups -OCH3 is 1. The van der Waals surface area contributed by atoms with Gasteiger partial charge in [0.1, 0.15) is 10.9 Å². The zero-order valence-electron chi connectivity index (χ0n) is 15.4. The molecule has 1 aliphatic heterocycles. The van der Waals surface area contributed by atoms with E-state index in [-0.39, 0.29) is 11.6 Å². The third kappa shape index (κ3) is 4.61. The largest absolute Gasteiger partial charge is 0.464 e. The van der Waals surface area contributed by atoms with E-state index >= 15 is 0 Å². The fourth-order valence-electron chi connectivity index (χ4n) is 2.90. The fourth-order valence-corrected chi connectivity index (χ4v) is 3.74. The second-order valence-electron chi connectivity index (χ2n) is 6.19. The molecule has 9 nitrogen and oxygen atoms in total. The van der Waals surface area contributed by atoms with Crippen molar-refractivity contribution in [3.63, 3.8) is 0 Å². The molecule has 1 amide bonds. The Labute approximate surface area is 166 Å². The maximum absolute atomic E-state index is 11.6. The van der Waals surface area contributed by atoms with Crippen LogP contribution in [0.25, 0.3) is 0 Å². The summed E-state index contributed by atoms with van der Waals surface area (Å²) in [7, 11) is 1.28. The van der Waals surface area contributed by atoms with Crippen molar-refractivity contribution in [2.75, 3.05) is 32.1 Å². The Balaban J connectivity index is 1.61. The lowest BCUT2D eigenvalue weighted by molar-refractivity contribution is -0.127. The van der Waals surface area contributed by atoms with Crippen molar-refractivity contribution in [1.29, 1.82) is 5.26 Å². The van der Waals surface area contributed by atoms with Crippen molar-refractivity contribution >= 4 is 29.2 Å². The number of hydrogen-bond donors (Lipinski definition) is 1. The Bertz CT molecular complexity index is 893. The molecule has 1 unspecified atom stereocenters. The lowest BCUT2D eigenvalue weighted by Gasteiger charge is -2.15. The fraction of sp³-hybridized carbons (Fsp3) is 0.444. The van der Waals surface area contributed by atoms with Crippen LogP contribution in [0.5, 0.6) is 0 Å². The minimum atomic E-state index is -0.700. The van der Waals surface area contributed by atoms with Crippen molar-refractivity contribution in [2.24, 2.45) is 0 Å². The highest BCUT2D eigenvalue weighted by Gasteiger charge is 2.22. The minimum absolute atomic E-state index is 0.173. The van der Waals surface area contributed by atoms with E-state index in [1.54, 1.807) is 17.6 Å². The molecule has 3 heterocycles. The van der Waals surface area contributed by atoms with E-state index in [2.05, 4.69) is 31.1 Å². The summed E-state index contributed by atoms with van der Waals surface area (Å²) < 4.78 is 4.65. The average molecular weight is 400 g/mol. The lowest BCUT2D eigenvalue weighted by Crippen LogP contribution is -2.27. The summed E-state index contributed by atoms with van der Waals surface area (Å²) >= 11 is 1.21. The van der Waals surface area contributed by atoms with Gasteiger partial charge in [-0.1, -0.05) is 0 Å². The zero-order chi connectivity index (χ0) is 19.9. The van der Waals surface area contributed by atoms with Crippen molar-refractivity contribution < 1.29 is 14.3 Å². The minimum Gasteiger partial charge on any atom is -0.464 e. The molecule has 1 fully saturated rings. The number of esters is 1. The summed E-state index contributed by atoms with van der Waals surface area (Å²) in [5, 5.41) is 14.7. The number of hydrogen-bond acceptors (Lipinski definition) is 9. The monoisotopic (exact) mass is 400 g/mol. The van der Waals surface area contributed by atoms with Crippen LogP contribution in [0.15, 0.2) is 17.6 Å². The molecule has 1 aliphatic rings. The topological polar surface area (TPSA) is 121 Å². The Kier molecular flexibility index (Phi) is 6.49. The Hall–Kier alpha value is -3.06. The van der Waals surface area contributed by atoms with Gasteiger partial charge in [-0.05, 0) is 18.9 Å². The van der Waals surface area contributed by atoms with E-state index in [1.807, 2.05) is 4.90 Å². The first-order chi connectivity index (χ1) is 13.6. The number of aromatic nitrogens is 3. The van der Waals surface area contributed by atoms with Crippen LogP contribution < -0.4 is 5.32 Å². The van der Waals surface area contributed by atoms with E-state index in [0.717, 1.165) is 19.4 Å². The smallest absolute Gasteiger partial charge is 0.357 e. The number of nitriles is 1. The summed E-state index contributed by atoms with van der Waals surface area (Å²) in [6, 6.07) is 3.83. The quantitative estimate of drug-likeness (QED) is 0.526. The van der Waals surface area contributed by atoms with Crippen molar-refractivity contribution in [3.05, 3.63) is 34.0 Å². The van der Waals surface area contributed by atoms with Gasteiger partial charge >= 0.3 is 5.97 Å². The maximum Gasteiger partial charge on any atom is 0.357 e. The first-order valence-electron chi connectivity index (χ1n) is 8.90. The van der Waals surface area contributed by atoms with Crippen LogP contribution in [0.4, 0.5) is 5.95 Å². The van der Waals surface area contributed by atoms with Crippen LogP contribution in [0.3, 0.4) is 0 Å². The van der Waals surface area contributed by atoms with Gasteiger partial charge in [0.15, 0.2) is 5.69 Å². The van der Waals surface area contributed by atoms with Gasteiger partial charge in [0.25, 0.3) is 0 Å². The number of carbonyl (C=O) groups excluding carboxylic acids is 2. The van der Waals surface area contributed by atoms with Crippen LogP contribution >= 0.6 is 11.3 Å². The third-order valence-corrected chi connectivity index (χ3v) is 5.23. The first kappa shape index (κ1) is 19.7. The summed E-state index contributed by atoms with van der Waals surface area (Å²) in [5.74, 6) is -0.616. The second kappa shape index (κ2) is 9.23. The molecule has 146 valence electrons. The van der Waals surface area contributed by atoms with Gasteiger partial charge in [0.2, 0.25) is 11.9 Å². The molecule has 0 spiro atoms. The van der Waals surface area contributed by atoms with Gasteiger partial charge in [0.05, 0.1) is 18.9 Å². The number of carbonyl (C=O) groups is 2. The number of anilines is 1. The predicted molar refractivity (Wildman–Crippen MR) is 102 cm³/mol. The number of nitrogens with zero attached hydrogens (tertiary/aromatic N) is 5. The molecule has 0 aromatic carbocycles. The highest BCUT2D eigenvalue weighted by molar-refractivity contribution is 7.10. The number of ether oxygens (including phenoxy) is 1. The van der Waals surface area contributed by atoms with Crippen LogP contribution in [-0.4, -0.2) is 58.5 Å². The molecule has 1 atom stereocenters. The van der Waals surface area contributed by atoms with Crippen molar-refractivity contribution in [3.8, 4) is 6.07 Å². The van der Waals surface area contributed by atoms with Gasteiger partial charge in [-0.25, -0.2) is 19.7 Å². The van der Waals surface area contributed by atoms with Crippen LogP contribution in [0, 0.1) is 11.3 Å². The van der Waals surface area contributed by atoms with E-state index in [9.17, 15) is 14.9 Å². The Morgan fingerprint density at radius 1 is 1.50 bits per heavy atom. The molecule has 0 bridgehead atoms. The molecule has 1 N–H and O–H groups in total. The maximum atomic E-state index is 11.6. The van der Waals surface area contributed by atoms with Gasteiger partial charge in [-0.15, -0.1) is 11.3 Å². The predicted octanol–water partition coefficient (Wildman–Crippen LogP) is 1.80. The SMILES string of the molecule is COC(=O)c1csc(C(C#N)c2ccnc(NCCCN3CCCC3=O)n2)n1. The van der Waals surface area contributed by atoms with Crippen LogP contribution in [0.1, 0.15) is 46.4 Å². The van der Waals surface area contributed by atoms with E-state index < -0.39 is 11.9 Å². The average Bonchev–Trinajstić information content (AvgIpc) is 3.35. The summed E-state index contributed by atoms with van der Waals surface area (Å²) in [5.41, 5.74) is 0.673. The summed E-state index contributed by atoms with van der Waals surface area (Å²) in [4.78, 5) is 37.8. The van der Waals surface area contributed by atoms with Crippen molar-refractivity contribution in [1.82, 2.24) is 19.9 Å². The standard InChI is InChI=1S/C18H20N6O3S/c1-27-17(26)14-11-28-16(22-14)12(10-19)13-5-7-21-18(23-13)20-6-3-9-24-8-2-4-15(24)25/h5,7,11-12H,2-4,6,8-9H2,1H3,(H,20,21,23). The number of nitrogens with one attached hydrogen (secondary N) is 1. The molecule has 0 aliphatic carbocycles. The number of rotatable bonds is 8. The Morgan fingerprint density at radius 2 is 2.36 bits per heavy atom. The van der Waals surface area contributed by atoms with E-state index in [0.29, 0.717) is 36.2 Å². The molecule has 0 radical (unpaired) electrons. The normalized spacial score (nSPS) is 14.6. The molecule has 3 rings (SSSR count). The second-order valence-corrected chi connectivity index (χ2v) is 7.08. The number of likely N-dealkylation sites (tertiary alicyclic amines) is 1. The van der Waals surface area contributed by atoms with Gasteiger partial charge in [-0.2, -0.15) is 5.26 Å². The van der Waals surface area contributed by atoms with E-state index in [1.165, 1.54) is 18.4 Å². The lowest BCUT2D eigenvalue weighted by atomic mass is 10.1. The summed E-state index contributed by atoms with van der Waals surface area (Å²) in [6.07, 6.45) is 3.94. The van der Waals surface area contributed by atoms with Gasteiger partial charge < -0.3 is 15.0 Å². The van der Waals surface area contributed by atoms with Crippen LogP contribution in [0.2, 0.25) is 0 Å². The molecular weight excluding hydrogens is 380 g/mol. The van der Waals surface area contributed by atoms with Crippen LogP contribution in [-0.2, 0) is 9.53 Å². The molecule has 0 saturated carbocycles. The van der Waals surface area contributed by atoms with Crippen molar-refractivity contribution in [2.45, 2.75) is 25.2 Å². The molecule has 2 aromatic heterocycles. The summed E-state index contributed by atoms with van der Waals surface area (Å²) in [6.45, 7) is 2.16. The molecule has 10 heteroatoms. The van der Waals surface area contributed by atoms with Gasteiger partial charge in [-0.3, -0.25) is 4.79 Å². The number of thiazole rings is 1. The number of amides is 1. The first-order valence-corrected chi connectivity index (χ1v) is 9.78. The zero-order valence-corrected chi connectivity index (χ0v) is 16.2. The van der Waals surface area contributed by atoms with Gasteiger partial charge in [0, 0.05) is 37.6 Å². The molecule has 1 saturated heterocycles. The highest BCUT2D eigenvalue weighted by Crippen LogP contribution is 2.26. The third-order valence-electron chi connectivity index (χ3n) is 4.32. The highest BCUT2D eigenvalue weighted by atomic mass is 32.1.